The molecule has 0 aliphatic rings. The number of nitrogens with zero attached hydrogens (tertiary/aromatic N) is 2. The molecule has 0 bridgehead atoms. The highest BCUT2D eigenvalue weighted by Gasteiger charge is 2.02. The molecule has 0 unspecified atom stereocenters. The van der Waals surface area contributed by atoms with Crippen LogP contribution in [0, 0.1) is 6.92 Å². The Kier molecular flexibility index (Phi) is 3.74. The van der Waals surface area contributed by atoms with Crippen LogP contribution in [-0.4, -0.2) is 10.2 Å². The van der Waals surface area contributed by atoms with E-state index in [0.29, 0.717) is 6.61 Å². The Bertz CT molecular complexity index is 678. The van der Waals surface area contributed by atoms with Crippen LogP contribution in [0.15, 0.2) is 54.0 Å². The summed E-state index contributed by atoms with van der Waals surface area (Å²) in [4.78, 5) is 0. The first-order valence-corrected chi connectivity index (χ1v) is 7.25. The fourth-order valence-electron chi connectivity index (χ4n) is 1.93. The molecule has 0 spiro atoms. The van der Waals surface area contributed by atoms with Crippen LogP contribution in [0.3, 0.4) is 0 Å². The van der Waals surface area contributed by atoms with Crippen LogP contribution in [-0.2, 0) is 6.61 Å². The summed E-state index contributed by atoms with van der Waals surface area (Å²) in [7, 11) is 0. The minimum atomic E-state index is 0.588. The van der Waals surface area contributed by atoms with Gasteiger partial charge in [-0.3, -0.25) is 0 Å². The molecule has 3 aromatic rings. The molecule has 1 aromatic heterocycles. The quantitative estimate of drug-likeness (QED) is 0.723. The lowest BCUT2D eigenvalue weighted by molar-refractivity contribution is 0.305. The minimum absolute atomic E-state index is 0.588. The van der Waals surface area contributed by atoms with Gasteiger partial charge in [-0.15, -0.1) is 10.2 Å². The Hall–Kier alpha value is -2.20. The molecule has 1 heterocycles. The lowest BCUT2D eigenvalue weighted by Gasteiger charge is -2.08. The van der Waals surface area contributed by atoms with Crippen LogP contribution in [0.4, 0.5) is 0 Å². The van der Waals surface area contributed by atoms with Crippen LogP contribution < -0.4 is 4.74 Å². The van der Waals surface area contributed by atoms with Gasteiger partial charge < -0.3 is 4.74 Å². The van der Waals surface area contributed by atoms with E-state index in [-0.39, 0.29) is 0 Å². The van der Waals surface area contributed by atoms with Gasteiger partial charge in [-0.25, -0.2) is 0 Å². The van der Waals surface area contributed by atoms with Crippen LogP contribution in [0.1, 0.15) is 11.1 Å². The third kappa shape index (κ3) is 2.86. The van der Waals surface area contributed by atoms with Crippen molar-refractivity contribution in [1.29, 1.82) is 0 Å². The van der Waals surface area contributed by atoms with Gasteiger partial charge >= 0.3 is 0 Å². The zero-order valence-corrected chi connectivity index (χ0v) is 11.9. The van der Waals surface area contributed by atoms with Crippen molar-refractivity contribution < 1.29 is 4.74 Å². The minimum Gasteiger partial charge on any atom is -0.489 e. The van der Waals surface area contributed by atoms with Gasteiger partial charge in [0.05, 0.1) is 0 Å². The normalized spacial score (nSPS) is 10.4. The van der Waals surface area contributed by atoms with Gasteiger partial charge in [-0.1, -0.05) is 35.6 Å². The summed E-state index contributed by atoms with van der Waals surface area (Å²) in [5.41, 5.74) is 5.26. The molecular weight excluding hydrogens is 268 g/mol. The fourth-order valence-corrected chi connectivity index (χ4v) is 2.49. The maximum atomic E-state index is 5.81. The molecule has 0 saturated carbocycles. The fraction of sp³-hybridized carbons (Fsp3) is 0.125. The first kappa shape index (κ1) is 12.8. The van der Waals surface area contributed by atoms with E-state index in [0.717, 1.165) is 16.3 Å². The summed E-state index contributed by atoms with van der Waals surface area (Å²) in [5, 5.41) is 8.82. The van der Waals surface area contributed by atoms with Crippen molar-refractivity contribution in [1.82, 2.24) is 10.2 Å². The van der Waals surface area contributed by atoms with Gasteiger partial charge in [0.15, 0.2) is 0 Å². The van der Waals surface area contributed by atoms with E-state index in [2.05, 4.69) is 29.3 Å². The van der Waals surface area contributed by atoms with Crippen LogP contribution in [0.5, 0.6) is 5.75 Å². The Morgan fingerprint density at radius 1 is 1.05 bits per heavy atom. The zero-order valence-electron chi connectivity index (χ0n) is 11.1. The third-order valence-corrected chi connectivity index (χ3v) is 3.86. The molecule has 3 rings (SSSR count). The summed E-state index contributed by atoms with van der Waals surface area (Å²) in [6, 6.07) is 16.2. The molecule has 0 aliphatic carbocycles. The lowest BCUT2D eigenvalue weighted by Crippen LogP contribution is -1.97. The molecule has 0 saturated heterocycles. The Balaban J connectivity index is 1.68. The second-order valence-electron chi connectivity index (χ2n) is 4.48. The summed E-state index contributed by atoms with van der Waals surface area (Å²) in [5.74, 6) is 0.863. The van der Waals surface area contributed by atoms with Crippen molar-refractivity contribution in [3.05, 3.63) is 65.2 Å². The molecule has 2 aromatic carbocycles. The largest absolute Gasteiger partial charge is 0.489 e. The van der Waals surface area contributed by atoms with Crippen LogP contribution >= 0.6 is 11.3 Å². The molecule has 0 radical (unpaired) electrons. The Morgan fingerprint density at radius 3 is 2.55 bits per heavy atom. The van der Waals surface area contributed by atoms with Gasteiger partial charge in [-0.2, -0.15) is 0 Å². The van der Waals surface area contributed by atoms with E-state index in [4.69, 9.17) is 4.74 Å². The van der Waals surface area contributed by atoms with E-state index in [1.807, 2.05) is 36.4 Å². The summed E-state index contributed by atoms with van der Waals surface area (Å²) in [6.07, 6.45) is 0. The molecule has 100 valence electrons. The van der Waals surface area contributed by atoms with Crippen molar-refractivity contribution in [2.24, 2.45) is 0 Å². The monoisotopic (exact) mass is 282 g/mol. The van der Waals surface area contributed by atoms with Crippen molar-refractivity contribution >= 4 is 11.3 Å². The van der Waals surface area contributed by atoms with E-state index in [9.17, 15) is 0 Å². The summed E-state index contributed by atoms with van der Waals surface area (Å²) in [6.45, 7) is 2.68. The van der Waals surface area contributed by atoms with Gasteiger partial charge in [0.25, 0.3) is 0 Å². The number of rotatable bonds is 4. The molecule has 0 amide bonds. The highest BCUT2D eigenvalue weighted by atomic mass is 32.1. The van der Waals surface area contributed by atoms with Crippen LogP contribution in [0.2, 0.25) is 0 Å². The van der Waals surface area contributed by atoms with Crippen molar-refractivity contribution in [2.75, 3.05) is 0 Å². The van der Waals surface area contributed by atoms with E-state index >= 15 is 0 Å². The first-order valence-electron chi connectivity index (χ1n) is 6.37. The molecule has 3 nitrogen and oxygen atoms in total. The van der Waals surface area contributed by atoms with E-state index < -0.39 is 0 Å². The van der Waals surface area contributed by atoms with E-state index in [1.165, 1.54) is 22.5 Å². The highest BCUT2D eigenvalue weighted by Crippen LogP contribution is 2.23. The SMILES string of the molecule is Cc1ccccc1COc1ccc(-c2nncs2)cc1. The Morgan fingerprint density at radius 2 is 1.85 bits per heavy atom. The highest BCUT2D eigenvalue weighted by molar-refractivity contribution is 7.12. The zero-order chi connectivity index (χ0) is 13.8. The number of ether oxygens (including phenoxy) is 1. The topological polar surface area (TPSA) is 35.0 Å². The average molecular weight is 282 g/mol. The Labute approximate surface area is 121 Å². The number of aryl methyl sites for hydroxylation is 1. The second-order valence-corrected chi connectivity index (χ2v) is 5.32. The van der Waals surface area contributed by atoms with Crippen molar-refractivity contribution in [3.8, 4) is 16.3 Å². The van der Waals surface area contributed by atoms with Gasteiger partial charge in [0.1, 0.15) is 22.9 Å². The van der Waals surface area contributed by atoms with E-state index in [1.54, 1.807) is 5.51 Å². The maximum absolute atomic E-state index is 5.81. The van der Waals surface area contributed by atoms with Gasteiger partial charge in [-0.05, 0) is 42.3 Å². The number of hydrogen-bond donors (Lipinski definition) is 0. The molecule has 0 N–H and O–H groups in total. The number of aromatic nitrogens is 2. The molecule has 20 heavy (non-hydrogen) atoms. The van der Waals surface area contributed by atoms with Crippen molar-refractivity contribution in [3.63, 3.8) is 0 Å². The van der Waals surface area contributed by atoms with Gasteiger partial charge in [0, 0.05) is 5.56 Å². The molecular formula is C16H14N2OS. The van der Waals surface area contributed by atoms with Crippen LogP contribution in [0.25, 0.3) is 10.6 Å². The molecule has 0 aliphatic heterocycles. The standard InChI is InChI=1S/C16H14N2OS/c1-12-4-2-3-5-14(12)10-19-15-8-6-13(7-9-15)16-18-17-11-20-16/h2-9,11H,10H2,1H3. The van der Waals surface area contributed by atoms with Gasteiger partial charge in [0.2, 0.25) is 0 Å². The lowest BCUT2D eigenvalue weighted by atomic mass is 10.1. The smallest absolute Gasteiger partial charge is 0.147 e. The predicted molar refractivity (Wildman–Crippen MR) is 80.9 cm³/mol. The summed E-state index contributed by atoms with van der Waals surface area (Å²) < 4.78 is 5.81. The maximum Gasteiger partial charge on any atom is 0.147 e. The average Bonchev–Trinajstić information content (AvgIpc) is 3.01. The third-order valence-electron chi connectivity index (χ3n) is 3.12. The summed E-state index contributed by atoms with van der Waals surface area (Å²) >= 11 is 1.53. The molecule has 0 fully saturated rings. The number of benzene rings is 2. The molecule has 4 heteroatoms. The number of hydrogen-bond acceptors (Lipinski definition) is 4. The molecule has 0 atom stereocenters. The first-order chi connectivity index (χ1) is 9.83. The second kappa shape index (κ2) is 5.84. The van der Waals surface area contributed by atoms with Crippen molar-refractivity contribution in [2.45, 2.75) is 13.5 Å². The predicted octanol–water partition coefficient (Wildman–Crippen LogP) is 4.09.